The molecule has 0 aliphatic carbocycles. The van der Waals surface area contributed by atoms with Crippen LogP contribution in [0.5, 0.6) is 0 Å². The van der Waals surface area contributed by atoms with Crippen molar-refractivity contribution in [2.24, 2.45) is 5.73 Å². The lowest BCUT2D eigenvalue weighted by atomic mass is 10.0. The Labute approximate surface area is 111 Å². The number of likely N-dealkylation sites (N-methyl/N-ethyl adjacent to an activating group) is 1. The van der Waals surface area contributed by atoms with E-state index in [9.17, 15) is 13.2 Å². The Balaban J connectivity index is 3.01. The van der Waals surface area contributed by atoms with E-state index in [4.69, 9.17) is 10.5 Å². The molecule has 0 aliphatic heterocycles. The number of hydrogen-bond donors (Lipinski definition) is 1. The first-order valence-corrected chi connectivity index (χ1v) is 6.12. The van der Waals surface area contributed by atoms with Gasteiger partial charge in [0.2, 0.25) is 0 Å². The first-order valence-electron chi connectivity index (χ1n) is 6.12. The summed E-state index contributed by atoms with van der Waals surface area (Å²) in [5.41, 5.74) is 6.00. The molecule has 19 heavy (non-hydrogen) atoms. The van der Waals surface area contributed by atoms with Crippen molar-refractivity contribution < 1.29 is 17.9 Å². The van der Waals surface area contributed by atoms with Crippen LogP contribution in [-0.4, -0.2) is 38.3 Å². The first-order chi connectivity index (χ1) is 9.04. The fourth-order valence-corrected chi connectivity index (χ4v) is 2.01. The van der Waals surface area contributed by atoms with Crippen LogP contribution in [0.25, 0.3) is 0 Å². The molecular formula is C13H19F3N2O. The van der Waals surface area contributed by atoms with Crippen LogP contribution in [0, 0.1) is 17.5 Å². The number of halogens is 3. The molecule has 0 saturated carbocycles. The average molecular weight is 276 g/mol. The van der Waals surface area contributed by atoms with Gasteiger partial charge in [0.05, 0.1) is 6.61 Å². The van der Waals surface area contributed by atoms with Crippen molar-refractivity contribution in [2.75, 3.05) is 33.4 Å². The topological polar surface area (TPSA) is 38.5 Å². The molecule has 0 amide bonds. The highest BCUT2D eigenvalue weighted by atomic mass is 19.2. The van der Waals surface area contributed by atoms with Crippen LogP contribution in [0.1, 0.15) is 18.5 Å². The molecule has 3 nitrogen and oxygen atoms in total. The van der Waals surface area contributed by atoms with Crippen molar-refractivity contribution in [2.45, 2.75) is 13.0 Å². The minimum Gasteiger partial charge on any atom is -0.383 e. The van der Waals surface area contributed by atoms with E-state index in [-0.39, 0.29) is 12.6 Å². The van der Waals surface area contributed by atoms with E-state index in [0.29, 0.717) is 25.3 Å². The predicted molar refractivity (Wildman–Crippen MR) is 67.2 cm³/mol. The van der Waals surface area contributed by atoms with Crippen LogP contribution >= 0.6 is 0 Å². The number of benzene rings is 1. The maximum atomic E-state index is 13.3. The highest BCUT2D eigenvalue weighted by molar-refractivity contribution is 5.23. The second kappa shape index (κ2) is 7.47. The lowest BCUT2D eigenvalue weighted by molar-refractivity contribution is 0.125. The standard InChI is InChI=1S/C13H19F3N2O/c1-3-18(4-5-19-2)12(8-17)9-6-10(14)13(16)11(15)7-9/h6-7,12H,3-5,8,17H2,1-2H3. The van der Waals surface area contributed by atoms with E-state index < -0.39 is 17.5 Å². The summed E-state index contributed by atoms with van der Waals surface area (Å²) in [5, 5.41) is 0. The smallest absolute Gasteiger partial charge is 0.194 e. The molecule has 0 bridgehead atoms. The van der Waals surface area contributed by atoms with Gasteiger partial charge in [-0.2, -0.15) is 0 Å². The van der Waals surface area contributed by atoms with Crippen LogP contribution in [0.3, 0.4) is 0 Å². The van der Waals surface area contributed by atoms with Gasteiger partial charge in [-0.1, -0.05) is 6.92 Å². The minimum atomic E-state index is -1.46. The summed E-state index contributed by atoms with van der Waals surface area (Å²) in [6, 6.07) is 1.61. The summed E-state index contributed by atoms with van der Waals surface area (Å²) in [4.78, 5) is 1.93. The molecule has 0 aromatic heterocycles. The summed E-state index contributed by atoms with van der Waals surface area (Å²) >= 11 is 0. The van der Waals surface area contributed by atoms with Crippen LogP contribution in [0.15, 0.2) is 12.1 Å². The molecule has 1 aromatic carbocycles. The molecule has 108 valence electrons. The highest BCUT2D eigenvalue weighted by Gasteiger charge is 2.21. The zero-order valence-electron chi connectivity index (χ0n) is 11.1. The Morgan fingerprint density at radius 3 is 2.26 bits per heavy atom. The molecule has 0 spiro atoms. The summed E-state index contributed by atoms with van der Waals surface area (Å²) in [6.45, 7) is 3.80. The number of methoxy groups -OCH3 is 1. The fourth-order valence-electron chi connectivity index (χ4n) is 2.01. The van der Waals surface area contributed by atoms with Gasteiger partial charge >= 0.3 is 0 Å². The lowest BCUT2D eigenvalue weighted by Gasteiger charge is -2.30. The maximum Gasteiger partial charge on any atom is 0.194 e. The molecule has 0 radical (unpaired) electrons. The van der Waals surface area contributed by atoms with Gasteiger partial charge < -0.3 is 10.5 Å². The molecule has 1 aromatic rings. The average Bonchev–Trinajstić information content (AvgIpc) is 2.40. The maximum absolute atomic E-state index is 13.3. The van der Waals surface area contributed by atoms with Gasteiger partial charge in [0, 0.05) is 26.2 Å². The molecule has 1 atom stereocenters. The largest absolute Gasteiger partial charge is 0.383 e. The van der Waals surface area contributed by atoms with Crippen molar-refractivity contribution in [1.29, 1.82) is 0 Å². The van der Waals surface area contributed by atoms with Gasteiger partial charge in [-0.05, 0) is 24.2 Å². The van der Waals surface area contributed by atoms with Crippen molar-refractivity contribution in [3.05, 3.63) is 35.1 Å². The number of nitrogens with two attached hydrogens (primary N) is 1. The van der Waals surface area contributed by atoms with E-state index in [1.54, 1.807) is 7.11 Å². The molecule has 0 aliphatic rings. The molecule has 1 rings (SSSR count). The van der Waals surface area contributed by atoms with Crippen LogP contribution in [0.2, 0.25) is 0 Å². The van der Waals surface area contributed by atoms with Gasteiger partial charge in [-0.25, -0.2) is 13.2 Å². The monoisotopic (exact) mass is 276 g/mol. The van der Waals surface area contributed by atoms with Crippen molar-refractivity contribution in [1.82, 2.24) is 4.90 Å². The summed E-state index contributed by atoms with van der Waals surface area (Å²) in [5.74, 6) is -3.85. The minimum absolute atomic E-state index is 0.183. The van der Waals surface area contributed by atoms with Gasteiger partial charge in [-0.15, -0.1) is 0 Å². The van der Waals surface area contributed by atoms with Crippen LogP contribution in [-0.2, 0) is 4.74 Å². The van der Waals surface area contributed by atoms with Gasteiger partial charge in [0.1, 0.15) is 0 Å². The zero-order valence-corrected chi connectivity index (χ0v) is 11.1. The van der Waals surface area contributed by atoms with Crippen LogP contribution in [0.4, 0.5) is 13.2 Å². The van der Waals surface area contributed by atoms with Gasteiger partial charge in [0.25, 0.3) is 0 Å². The Bertz CT molecular complexity index is 392. The lowest BCUT2D eigenvalue weighted by Crippen LogP contribution is -2.36. The van der Waals surface area contributed by atoms with E-state index >= 15 is 0 Å². The van der Waals surface area contributed by atoms with E-state index in [0.717, 1.165) is 12.1 Å². The second-order valence-electron chi connectivity index (χ2n) is 4.17. The first kappa shape index (κ1) is 15.9. The summed E-state index contributed by atoms with van der Waals surface area (Å²) in [6.07, 6.45) is 0. The molecule has 0 saturated heterocycles. The SMILES string of the molecule is CCN(CCOC)C(CN)c1cc(F)c(F)c(F)c1. The highest BCUT2D eigenvalue weighted by Crippen LogP contribution is 2.23. The molecule has 1 unspecified atom stereocenters. The van der Waals surface area contributed by atoms with Crippen LogP contribution < -0.4 is 5.73 Å². The van der Waals surface area contributed by atoms with Gasteiger partial charge in [0.15, 0.2) is 17.5 Å². The fraction of sp³-hybridized carbons (Fsp3) is 0.538. The number of ether oxygens (including phenoxy) is 1. The molecule has 0 fully saturated rings. The van der Waals surface area contributed by atoms with E-state index in [1.165, 1.54) is 0 Å². The molecule has 2 N–H and O–H groups in total. The van der Waals surface area contributed by atoms with Gasteiger partial charge in [-0.3, -0.25) is 4.90 Å². The summed E-state index contributed by atoms with van der Waals surface area (Å²) < 4.78 is 44.4. The molecular weight excluding hydrogens is 257 g/mol. The van der Waals surface area contributed by atoms with E-state index in [1.807, 2.05) is 11.8 Å². The van der Waals surface area contributed by atoms with Crippen molar-refractivity contribution >= 4 is 0 Å². The molecule has 6 heteroatoms. The Morgan fingerprint density at radius 1 is 1.26 bits per heavy atom. The predicted octanol–water partition coefficient (Wildman–Crippen LogP) is 2.07. The third kappa shape index (κ3) is 3.92. The Kier molecular flexibility index (Phi) is 6.27. The third-order valence-electron chi connectivity index (χ3n) is 3.04. The number of nitrogens with zero attached hydrogens (tertiary/aromatic N) is 1. The van der Waals surface area contributed by atoms with Crippen molar-refractivity contribution in [3.8, 4) is 0 Å². The Hall–Kier alpha value is -1.11. The van der Waals surface area contributed by atoms with E-state index in [2.05, 4.69) is 0 Å². The summed E-state index contributed by atoms with van der Waals surface area (Å²) in [7, 11) is 1.57. The molecule has 0 heterocycles. The normalized spacial score (nSPS) is 13.0. The Morgan fingerprint density at radius 2 is 1.84 bits per heavy atom. The zero-order chi connectivity index (χ0) is 14.4. The van der Waals surface area contributed by atoms with Crippen molar-refractivity contribution in [3.63, 3.8) is 0 Å². The quantitative estimate of drug-likeness (QED) is 0.775. The second-order valence-corrected chi connectivity index (χ2v) is 4.17. The third-order valence-corrected chi connectivity index (χ3v) is 3.04. The number of hydrogen-bond acceptors (Lipinski definition) is 3. The number of rotatable bonds is 7.